The third-order valence-corrected chi connectivity index (χ3v) is 4.51. The fraction of sp³-hybridized carbons (Fsp3) is 0.929. The van der Waals surface area contributed by atoms with Gasteiger partial charge in [0.1, 0.15) is 15.4 Å². The average molecular weight is 330 g/mol. The normalized spacial score (nSPS) is 12.5. The van der Waals surface area contributed by atoms with E-state index < -0.39 is 21.3 Å². The number of hydrogen-bond donors (Lipinski definition) is 0. The Kier molecular flexibility index (Phi) is 15.8. The smallest absolute Gasteiger partial charge is 0.747 e. The molecule has 0 saturated carbocycles. The van der Waals surface area contributed by atoms with Gasteiger partial charge >= 0.3 is 35.5 Å². The molecule has 0 N–H and O–H groups in total. The predicted octanol–water partition coefficient (Wildman–Crippen LogP) is -0.00190. The van der Waals surface area contributed by atoms with Crippen molar-refractivity contribution in [1.29, 1.82) is 0 Å². The van der Waals surface area contributed by atoms with Crippen molar-refractivity contribution in [2.75, 3.05) is 7.11 Å². The van der Waals surface area contributed by atoms with E-state index in [1.807, 2.05) is 0 Å². The molecule has 1 unspecified atom stereocenters. The molecule has 0 spiro atoms. The second kappa shape index (κ2) is 14.0. The summed E-state index contributed by atoms with van der Waals surface area (Å²) in [7, 11) is -3.51. The van der Waals surface area contributed by atoms with E-state index in [1.54, 1.807) is 0 Å². The molecular formula is C14H27NaO5S. The molecule has 0 radical (unpaired) electrons. The summed E-state index contributed by atoms with van der Waals surface area (Å²) < 4.78 is 37.2. The number of unbranched alkanes of at least 4 members (excludes halogenated alkanes) is 8. The average Bonchev–Trinajstić information content (AvgIpc) is 2.39. The third kappa shape index (κ3) is 12.6. The molecule has 120 valence electrons. The fourth-order valence-electron chi connectivity index (χ4n) is 2.15. The number of rotatable bonds is 12. The van der Waals surface area contributed by atoms with Crippen molar-refractivity contribution in [2.24, 2.45) is 0 Å². The Bertz CT molecular complexity index is 356. The first-order chi connectivity index (χ1) is 9.43. The van der Waals surface area contributed by atoms with E-state index in [9.17, 15) is 17.8 Å². The van der Waals surface area contributed by atoms with Crippen LogP contribution < -0.4 is 29.6 Å². The molecule has 0 rings (SSSR count). The summed E-state index contributed by atoms with van der Waals surface area (Å²) >= 11 is 0. The van der Waals surface area contributed by atoms with E-state index in [0.717, 1.165) is 26.4 Å². The van der Waals surface area contributed by atoms with Gasteiger partial charge in [0.2, 0.25) is 0 Å². The quantitative estimate of drug-likeness (QED) is 0.218. The number of hydrogen-bond acceptors (Lipinski definition) is 5. The van der Waals surface area contributed by atoms with Gasteiger partial charge in [-0.25, -0.2) is 8.42 Å². The first-order valence-electron chi connectivity index (χ1n) is 7.46. The van der Waals surface area contributed by atoms with Gasteiger partial charge in [-0.15, -0.1) is 0 Å². The minimum atomic E-state index is -4.61. The number of carbonyl (C=O) groups is 1. The molecule has 0 aliphatic carbocycles. The van der Waals surface area contributed by atoms with E-state index >= 15 is 0 Å². The molecule has 1 atom stereocenters. The maximum atomic E-state index is 11.2. The Morgan fingerprint density at radius 3 is 1.81 bits per heavy atom. The minimum Gasteiger partial charge on any atom is -0.747 e. The van der Waals surface area contributed by atoms with Crippen molar-refractivity contribution in [3.63, 3.8) is 0 Å². The zero-order valence-corrected chi connectivity index (χ0v) is 16.4. The van der Waals surface area contributed by atoms with Crippen LogP contribution in [-0.4, -0.2) is 31.3 Å². The monoisotopic (exact) mass is 330 g/mol. The molecule has 0 saturated heterocycles. The van der Waals surface area contributed by atoms with Crippen molar-refractivity contribution in [1.82, 2.24) is 0 Å². The maximum Gasteiger partial charge on any atom is 1.00 e. The predicted molar refractivity (Wildman–Crippen MR) is 77.3 cm³/mol. The summed E-state index contributed by atoms with van der Waals surface area (Å²) in [5.74, 6) is -0.945. The van der Waals surface area contributed by atoms with Gasteiger partial charge in [-0.3, -0.25) is 4.79 Å². The second-order valence-corrected chi connectivity index (χ2v) is 6.68. The molecule has 0 aromatic rings. The van der Waals surface area contributed by atoms with E-state index in [1.165, 1.54) is 32.1 Å². The molecule has 0 fully saturated rings. The van der Waals surface area contributed by atoms with Crippen molar-refractivity contribution in [2.45, 2.75) is 76.4 Å². The van der Waals surface area contributed by atoms with Crippen LogP contribution in [0.3, 0.4) is 0 Å². The van der Waals surface area contributed by atoms with Crippen LogP contribution in [0.5, 0.6) is 0 Å². The number of esters is 1. The van der Waals surface area contributed by atoms with E-state index in [0.29, 0.717) is 6.42 Å². The fourth-order valence-corrected chi connectivity index (χ4v) is 2.94. The van der Waals surface area contributed by atoms with Gasteiger partial charge in [0, 0.05) is 0 Å². The van der Waals surface area contributed by atoms with Gasteiger partial charge in [0.05, 0.1) is 7.11 Å². The maximum absolute atomic E-state index is 11.2. The molecular weight excluding hydrogens is 303 g/mol. The van der Waals surface area contributed by atoms with Crippen LogP contribution in [0.4, 0.5) is 0 Å². The summed E-state index contributed by atoms with van der Waals surface area (Å²) in [4.78, 5) is 11.2. The van der Waals surface area contributed by atoms with Gasteiger partial charge in [0.15, 0.2) is 0 Å². The van der Waals surface area contributed by atoms with Crippen LogP contribution in [0.2, 0.25) is 0 Å². The second-order valence-electron chi connectivity index (χ2n) is 5.12. The van der Waals surface area contributed by atoms with Crippen LogP contribution in [0.15, 0.2) is 0 Å². The van der Waals surface area contributed by atoms with Crippen molar-refractivity contribution in [3.8, 4) is 0 Å². The molecule has 0 aromatic carbocycles. The topological polar surface area (TPSA) is 83.5 Å². The Labute approximate surface area is 151 Å². The molecule has 0 bridgehead atoms. The zero-order valence-electron chi connectivity index (χ0n) is 13.6. The minimum absolute atomic E-state index is 0. The van der Waals surface area contributed by atoms with E-state index in [4.69, 9.17) is 0 Å². The van der Waals surface area contributed by atoms with Gasteiger partial charge in [0.25, 0.3) is 0 Å². The largest absolute Gasteiger partial charge is 1.00 e. The first-order valence-corrected chi connectivity index (χ1v) is 8.93. The summed E-state index contributed by atoms with van der Waals surface area (Å²) in [6.07, 6.45) is 9.83. The molecule has 0 aromatic heterocycles. The number of ether oxygens (including phenoxy) is 1. The standard InChI is InChI=1S/C14H28O5S.Na/c1-3-4-5-6-7-8-9-10-11-12-13(14(15)19-2)20(16,17)18;/h13H,3-12H2,1-2H3,(H,16,17,18);/q;+1/p-1. The van der Waals surface area contributed by atoms with E-state index in [2.05, 4.69) is 11.7 Å². The Morgan fingerprint density at radius 1 is 1.00 bits per heavy atom. The Morgan fingerprint density at radius 2 is 1.43 bits per heavy atom. The van der Waals surface area contributed by atoms with Gasteiger partial charge in [-0.05, 0) is 6.42 Å². The Hall–Kier alpha value is 0.380. The third-order valence-electron chi connectivity index (χ3n) is 3.38. The Balaban J connectivity index is 0. The number of carbonyl (C=O) groups excluding carboxylic acids is 1. The number of methoxy groups -OCH3 is 1. The molecule has 5 nitrogen and oxygen atoms in total. The van der Waals surface area contributed by atoms with Gasteiger partial charge < -0.3 is 9.29 Å². The van der Waals surface area contributed by atoms with Crippen LogP contribution in [0, 0.1) is 0 Å². The summed E-state index contributed by atoms with van der Waals surface area (Å²) in [5, 5.41) is -1.54. The molecule has 0 aliphatic rings. The summed E-state index contributed by atoms with van der Waals surface area (Å²) in [5.41, 5.74) is 0. The van der Waals surface area contributed by atoms with Crippen molar-refractivity contribution >= 4 is 16.1 Å². The molecule has 0 amide bonds. The zero-order chi connectivity index (χ0) is 15.4. The van der Waals surface area contributed by atoms with E-state index in [-0.39, 0.29) is 36.0 Å². The summed E-state index contributed by atoms with van der Waals surface area (Å²) in [6, 6.07) is 0. The first kappa shape index (κ1) is 23.6. The molecule has 0 aliphatic heterocycles. The van der Waals surface area contributed by atoms with Crippen molar-refractivity contribution in [3.05, 3.63) is 0 Å². The summed E-state index contributed by atoms with van der Waals surface area (Å²) in [6.45, 7) is 2.18. The molecule has 7 heteroatoms. The molecule has 0 heterocycles. The van der Waals surface area contributed by atoms with Crippen LogP contribution in [0.1, 0.15) is 71.1 Å². The van der Waals surface area contributed by atoms with Gasteiger partial charge in [-0.1, -0.05) is 64.7 Å². The van der Waals surface area contributed by atoms with Crippen LogP contribution >= 0.6 is 0 Å². The van der Waals surface area contributed by atoms with Crippen LogP contribution in [-0.2, 0) is 19.6 Å². The van der Waals surface area contributed by atoms with Crippen molar-refractivity contribution < 1.29 is 52.1 Å². The SMILES string of the molecule is CCCCCCCCCCCC(C(=O)OC)S(=O)(=O)[O-].[Na+]. The van der Waals surface area contributed by atoms with Crippen LogP contribution in [0.25, 0.3) is 0 Å². The van der Waals surface area contributed by atoms with Gasteiger partial charge in [-0.2, -0.15) is 0 Å². The molecule has 21 heavy (non-hydrogen) atoms.